The first-order valence-electron chi connectivity index (χ1n) is 10.0. The maximum atomic E-state index is 13.1. The van der Waals surface area contributed by atoms with Crippen LogP contribution in [0.3, 0.4) is 0 Å². The lowest BCUT2D eigenvalue weighted by molar-refractivity contribution is -0.316. The van der Waals surface area contributed by atoms with Crippen molar-refractivity contribution in [2.24, 2.45) is 23.7 Å². The van der Waals surface area contributed by atoms with Crippen LogP contribution in [0.2, 0.25) is 0 Å². The SMILES string of the molecule is CCOC(=O)c1c(NC(=O)[C@@H]2[C@@H](C(=O)[O-])[C@H]3C=C[C@H]2CC3)sc2c1CCCC2. The number of nitrogens with one attached hydrogen (secondary N) is 1. The minimum Gasteiger partial charge on any atom is -0.550 e. The Bertz CT molecular complexity index is 842. The van der Waals surface area contributed by atoms with Crippen LogP contribution in [0, 0.1) is 23.7 Å². The zero-order valence-electron chi connectivity index (χ0n) is 15.9. The second kappa shape index (κ2) is 7.70. The lowest BCUT2D eigenvalue weighted by atomic mass is 9.62. The maximum absolute atomic E-state index is 13.1. The van der Waals surface area contributed by atoms with Gasteiger partial charge in [0.25, 0.3) is 0 Å². The van der Waals surface area contributed by atoms with Gasteiger partial charge in [-0.2, -0.15) is 0 Å². The number of rotatable bonds is 5. The monoisotopic (exact) mass is 402 g/mol. The van der Waals surface area contributed by atoms with E-state index in [-0.39, 0.29) is 24.3 Å². The molecule has 5 rings (SSSR count). The fourth-order valence-corrected chi connectivity index (χ4v) is 6.22. The summed E-state index contributed by atoms with van der Waals surface area (Å²) in [5.41, 5.74) is 1.43. The standard InChI is InChI=1S/C21H25NO5S/c1-2-27-21(26)17-13-5-3-4-6-14(13)28-19(17)22-18(23)15-11-7-9-12(10-8-11)16(15)20(24)25/h7,9,11-12,15-16H,2-6,8,10H2,1H3,(H,22,23)(H,24,25)/p-1/t11-,12-,15-,16-/m0/s1. The largest absolute Gasteiger partial charge is 0.550 e. The van der Waals surface area contributed by atoms with Gasteiger partial charge in [0, 0.05) is 16.8 Å². The number of thiophene rings is 1. The van der Waals surface area contributed by atoms with E-state index in [2.05, 4.69) is 5.32 Å². The van der Waals surface area contributed by atoms with Gasteiger partial charge in [0.05, 0.1) is 18.1 Å². The number of carboxylic acids is 1. The molecular formula is C21H24NO5S-. The molecule has 0 radical (unpaired) electrons. The Kier molecular flexibility index (Phi) is 5.27. The summed E-state index contributed by atoms with van der Waals surface area (Å²) in [7, 11) is 0. The number of hydrogen-bond donors (Lipinski definition) is 1. The van der Waals surface area contributed by atoms with E-state index in [9.17, 15) is 19.5 Å². The van der Waals surface area contributed by atoms with Crippen molar-refractivity contribution in [1.82, 2.24) is 0 Å². The van der Waals surface area contributed by atoms with Crippen molar-refractivity contribution in [1.29, 1.82) is 0 Å². The summed E-state index contributed by atoms with van der Waals surface area (Å²) in [6, 6.07) is 0. The lowest BCUT2D eigenvalue weighted by Gasteiger charge is -2.44. The van der Waals surface area contributed by atoms with E-state index < -0.39 is 23.8 Å². The normalized spacial score (nSPS) is 27.9. The molecular weight excluding hydrogens is 378 g/mol. The van der Waals surface area contributed by atoms with E-state index in [4.69, 9.17) is 4.74 Å². The lowest BCUT2D eigenvalue weighted by Crippen LogP contribution is -2.51. The molecule has 0 aromatic carbocycles. The van der Waals surface area contributed by atoms with E-state index in [0.29, 0.717) is 10.6 Å². The number of anilines is 1. The van der Waals surface area contributed by atoms with Crippen molar-refractivity contribution in [2.45, 2.75) is 45.4 Å². The molecule has 4 aliphatic rings. The summed E-state index contributed by atoms with van der Waals surface area (Å²) < 4.78 is 5.23. The number of carbonyl (C=O) groups is 3. The van der Waals surface area contributed by atoms with E-state index >= 15 is 0 Å². The second-order valence-corrected chi connectivity index (χ2v) is 8.89. The first-order chi connectivity index (χ1) is 13.5. The molecule has 0 saturated heterocycles. The van der Waals surface area contributed by atoms with Crippen molar-refractivity contribution in [3.8, 4) is 0 Å². The van der Waals surface area contributed by atoms with Crippen molar-refractivity contribution in [3.63, 3.8) is 0 Å². The summed E-state index contributed by atoms with van der Waals surface area (Å²) in [5.74, 6) is -3.67. The maximum Gasteiger partial charge on any atom is 0.341 e. The van der Waals surface area contributed by atoms with Crippen LogP contribution in [-0.2, 0) is 27.2 Å². The fourth-order valence-electron chi connectivity index (χ4n) is 4.94. The van der Waals surface area contributed by atoms with Crippen LogP contribution in [0.1, 0.15) is 53.4 Å². The van der Waals surface area contributed by atoms with Crippen LogP contribution >= 0.6 is 11.3 Å². The summed E-state index contributed by atoms with van der Waals surface area (Å²) >= 11 is 1.42. The molecule has 1 heterocycles. The molecule has 7 heteroatoms. The van der Waals surface area contributed by atoms with E-state index in [0.717, 1.165) is 49.0 Å². The van der Waals surface area contributed by atoms with Gasteiger partial charge in [-0.1, -0.05) is 12.2 Å². The third-order valence-corrected chi connectivity index (χ3v) is 7.42. The van der Waals surface area contributed by atoms with Crippen molar-refractivity contribution < 1.29 is 24.2 Å². The van der Waals surface area contributed by atoms with Crippen molar-refractivity contribution in [2.75, 3.05) is 11.9 Å². The summed E-state index contributed by atoms with van der Waals surface area (Å²) in [6.45, 7) is 2.02. The van der Waals surface area contributed by atoms with Crippen molar-refractivity contribution >= 4 is 34.2 Å². The molecule has 28 heavy (non-hydrogen) atoms. The molecule has 0 aliphatic heterocycles. The molecule has 6 nitrogen and oxygen atoms in total. The molecule has 1 N–H and O–H groups in total. The Morgan fingerprint density at radius 3 is 2.46 bits per heavy atom. The molecule has 4 aliphatic carbocycles. The first kappa shape index (κ1) is 19.2. The topological polar surface area (TPSA) is 95.5 Å². The predicted molar refractivity (Wildman–Crippen MR) is 103 cm³/mol. The zero-order chi connectivity index (χ0) is 19.8. The van der Waals surface area contributed by atoms with Gasteiger partial charge in [0.15, 0.2) is 0 Å². The third kappa shape index (κ3) is 3.26. The molecule has 4 atom stereocenters. The van der Waals surface area contributed by atoms with Gasteiger partial charge in [-0.25, -0.2) is 4.79 Å². The minimum absolute atomic E-state index is 0.103. The van der Waals surface area contributed by atoms with Crippen LogP contribution in [0.25, 0.3) is 0 Å². The molecule has 0 unspecified atom stereocenters. The highest BCUT2D eigenvalue weighted by atomic mass is 32.1. The predicted octanol–water partition coefficient (Wildman–Crippen LogP) is 2.32. The highest BCUT2D eigenvalue weighted by Gasteiger charge is 2.45. The minimum atomic E-state index is -1.17. The molecule has 1 saturated carbocycles. The Balaban J connectivity index is 1.64. The van der Waals surface area contributed by atoms with Gasteiger partial charge in [0.2, 0.25) is 5.91 Å². The van der Waals surface area contributed by atoms with Gasteiger partial charge >= 0.3 is 5.97 Å². The van der Waals surface area contributed by atoms with Crippen molar-refractivity contribution in [3.05, 3.63) is 28.2 Å². The molecule has 150 valence electrons. The van der Waals surface area contributed by atoms with Gasteiger partial charge < -0.3 is 20.0 Å². The van der Waals surface area contributed by atoms with Crippen LogP contribution in [0.4, 0.5) is 5.00 Å². The molecule has 2 bridgehead atoms. The molecule has 0 spiro atoms. The van der Waals surface area contributed by atoms with E-state index in [1.165, 1.54) is 11.3 Å². The number of amides is 1. The van der Waals surface area contributed by atoms with Crippen LogP contribution in [0.5, 0.6) is 0 Å². The molecule has 1 aromatic rings. The van der Waals surface area contributed by atoms with Gasteiger partial charge in [-0.3, -0.25) is 4.79 Å². The van der Waals surface area contributed by atoms with Crippen LogP contribution < -0.4 is 10.4 Å². The van der Waals surface area contributed by atoms with Gasteiger partial charge in [0.1, 0.15) is 5.00 Å². The van der Waals surface area contributed by atoms with Crippen LogP contribution in [0.15, 0.2) is 12.2 Å². The number of hydrogen-bond acceptors (Lipinski definition) is 6. The van der Waals surface area contributed by atoms with Gasteiger partial charge in [-0.15, -0.1) is 11.3 Å². The number of esters is 1. The quantitative estimate of drug-likeness (QED) is 0.602. The number of carboxylic acid groups (broad SMARTS) is 1. The number of fused-ring (bicyclic) bond motifs is 3. The average molecular weight is 402 g/mol. The number of aliphatic carboxylic acids is 1. The summed E-state index contributed by atoms with van der Waals surface area (Å²) in [6.07, 6.45) is 9.20. The Morgan fingerprint density at radius 1 is 1.14 bits per heavy atom. The number of ether oxygens (including phenoxy) is 1. The van der Waals surface area contributed by atoms with Gasteiger partial charge in [-0.05, 0) is 62.8 Å². The third-order valence-electron chi connectivity index (χ3n) is 6.21. The highest BCUT2D eigenvalue weighted by Crippen LogP contribution is 2.46. The fraction of sp³-hybridized carbons (Fsp3) is 0.571. The smallest absolute Gasteiger partial charge is 0.341 e. The number of allylic oxidation sites excluding steroid dienone is 2. The second-order valence-electron chi connectivity index (χ2n) is 7.79. The van der Waals surface area contributed by atoms with Crippen LogP contribution in [-0.4, -0.2) is 24.5 Å². The molecule has 1 aromatic heterocycles. The van der Waals surface area contributed by atoms with E-state index in [1.54, 1.807) is 6.92 Å². The zero-order valence-corrected chi connectivity index (χ0v) is 16.7. The Hall–Kier alpha value is -2.15. The number of aryl methyl sites for hydroxylation is 1. The molecule has 1 fully saturated rings. The Labute approximate surface area is 168 Å². The highest BCUT2D eigenvalue weighted by molar-refractivity contribution is 7.17. The van der Waals surface area contributed by atoms with E-state index in [1.807, 2.05) is 12.2 Å². The first-order valence-corrected chi connectivity index (χ1v) is 10.8. The average Bonchev–Trinajstić information content (AvgIpc) is 3.06. The number of carbonyl (C=O) groups excluding carboxylic acids is 3. The summed E-state index contributed by atoms with van der Waals surface area (Å²) in [5, 5.41) is 15.1. The molecule has 1 amide bonds. The summed E-state index contributed by atoms with van der Waals surface area (Å²) in [4.78, 5) is 38.6. The Morgan fingerprint density at radius 2 is 1.82 bits per heavy atom.